The van der Waals surface area contributed by atoms with Crippen molar-refractivity contribution in [2.24, 2.45) is 0 Å². The Morgan fingerprint density at radius 3 is 2.50 bits per heavy atom. The van der Waals surface area contributed by atoms with Gasteiger partial charge in [0.25, 0.3) is 0 Å². The molecule has 0 N–H and O–H groups in total. The van der Waals surface area contributed by atoms with E-state index in [0.29, 0.717) is 5.92 Å². The van der Waals surface area contributed by atoms with Crippen LogP contribution in [-0.2, 0) is 0 Å². The summed E-state index contributed by atoms with van der Waals surface area (Å²) in [4.78, 5) is 2.44. The van der Waals surface area contributed by atoms with Crippen LogP contribution in [0.4, 0.5) is 0 Å². The van der Waals surface area contributed by atoms with Crippen molar-refractivity contribution in [1.29, 1.82) is 0 Å². The molecule has 1 heterocycles. The van der Waals surface area contributed by atoms with E-state index < -0.39 is 0 Å². The summed E-state index contributed by atoms with van der Waals surface area (Å²) < 4.78 is 2.31. The fourth-order valence-electron chi connectivity index (χ4n) is 3.77. The third kappa shape index (κ3) is 2.40. The van der Waals surface area contributed by atoms with Gasteiger partial charge in [-0.3, -0.25) is 0 Å². The molecule has 0 spiro atoms. The molecule has 1 atom stereocenters. The second-order valence-corrected chi connectivity index (χ2v) is 8.04. The van der Waals surface area contributed by atoms with Gasteiger partial charge >= 0.3 is 0 Å². The highest BCUT2D eigenvalue weighted by Gasteiger charge is 2.34. The van der Waals surface area contributed by atoms with Crippen molar-refractivity contribution in [3.63, 3.8) is 0 Å². The van der Waals surface area contributed by atoms with E-state index in [2.05, 4.69) is 86.3 Å². The summed E-state index contributed by atoms with van der Waals surface area (Å²) in [5.41, 5.74) is 7.47. The van der Waals surface area contributed by atoms with Gasteiger partial charge in [-0.2, -0.15) is 0 Å². The molecule has 0 amide bonds. The predicted molar refractivity (Wildman–Crippen MR) is 99.2 cm³/mol. The highest BCUT2D eigenvalue weighted by Crippen LogP contribution is 2.49. The van der Waals surface area contributed by atoms with Crippen LogP contribution in [0, 0.1) is 0 Å². The second-order valence-electron chi connectivity index (χ2n) is 6.21. The molecule has 2 aliphatic rings. The molecule has 0 saturated carbocycles. The lowest BCUT2D eigenvalue weighted by Crippen LogP contribution is -2.27. The van der Waals surface area contributed by atoms with Gasteiger partial charge in [-0.1, -0.05) is 50.1 Å². The normalized spacial score (nSPS) is 21.0. The molecule has 0 radical (unpaired) electrons. The minimum absolute atomic E-state index is 0.401. The van der Waals surface area contributed by atoms with Crippen LogP contribution in [0.5, 0.6) is 0 Å². The first-order valence-electron chi connectivity index (χ1n) is 7.59. The smallest absolute Gasteiger partial charge is 0.0324 e. The van der Waals surface area contributed by atoms with Crippen LogP contribution in [0.1, 0.15) is 29.0 Å². The maximum absolute atomic E-state index is 3.65. The summed E-state index contributed by atoms with van der Waals surface area (Å²) in [7, 11) is 2.22. The monoisotopic (exact) mass is 417 g/mol. The van der Waals surface area contributed by atoms with E-state index in [4.69, 9.17) is 0 Å². The molecule has 4 rings (SSSR count). The van der Waals surface area contributed by atoms with Crippen LogP contribution in [0.25, 0.3) is 5.57 Å². The minimum atomic E-state index is 0.401. The van der Waals surface area contributed by atoms with E-state index in [1.165, 1.54) is 21.2 Å². The number of hydrogen-bond donors (Lipinski definition) is 0. The van der Waals surface area contributed by atoms with Gasteiger partial charge in [0, 0.05) is 28.0 Å². The number of benzene rings is 2. The zero-order valence-electron chi connectivity index (χ0n) is 12.4. The van der Waals surface area contributed by atoms with Gasteiger partial charge < -0.3 is 4.90 Å². The lowest BCUT2D eigenvalue weighted by molar-refractivity contribution is 0.356. The van der Waals surface area contributed by atoms with Crippen molar-refractivity contribution in [2.45, 2.75) is 12.3 Å². The van der Waals surface area contributed by atoms with Crippen molar-refractivity contribution < 1.29 is 0 Å². The standard InChI is InChI=1S/C19H17Br2N/c1-22-9-8-16-15-7-6-14(21)10-17(15)19(18(16)11-22)12-2-4-13(20)5-3-12/h2-7,10,19H,8-9,11H2,1H3. The van der Waals surface area contributed by atoms with E-state index in [0.717, 1.165) is 24.0 Å². The molecule has 1 nitrogen and oxygen atoms in total. The Morgan fingerprint density at radius 2 is 1.73 bits per heavy atom. The van der Waals surface area contributed by atoms with Crippen molar-refractivity contribution in [2.75, 3.05) is 20.1 Å². The SMILES string of the molecule is CN1CCC2=C(C1)C(c1ccc(Br)cc1)c1cc(Br)ccc12. The summed E-state index contributed by atoms with van der Waals surface area (Å²) in [6.07, 6.45) is 1.16. The maximum atomic E-state index is 3.65. The Kier molecular flexibility index (Phi) is 3.75. The van der Waals surface area contributed by atoms with Gasteiger partial charge in [0.1, 0.15) is 0 Å². The molecule has 0 aromatic heterocycles. The van der Waals surface area contributed by atoms with E-state index in [1.54, 1.807) is 11.1 Å². The molecule has 3 heteroatoms. The molecule has 112 valence electrons. The molecule has 22 heavy (non-hydrogen) atoms. The van der Waals surface area contributed by atoms with E-state index in [9.17, 15) is 0 Å². The first-order valence-corrected chi connectivity index (χ1v) is 9.18. The van der Waals surface area contributed by atoms with Crippen LogP contribution in [0.2, 0.25) is 0 Å². The van der Waals surface area contributed by atoms with E-state index in [1.807, 2.05) is 0 Å². The number of rotatable bonds is 1. The summed E-state index contributed by atoms with van der Waals surface area (Å²) in [6, 6.07) is 15.6. The first-order chi connectivity index (χ1) is 10.6. The predicted octanol–water partition coefficient (Wildman–Crippen LogP) is 5.45. The molecule has 0 bridgehead atoms. The van der Waals surface area contributed by atoms with Crippen molar-refractivity contribution in [1.82, 2.24) is 4.90 Å². The molecule has 0 fully saturated rings. The first kappa shape index (κ1) is 14.7. The van der Waals surface area contributed by atoms with E-state index >= 15 is 0 Å². The third-order valence-corrected chi connectivity index (χ3v) is 5.79. The molecular formula is C19H17Br2N. The van der Waals surface area contributed by atoms with Gasteiger partial charge in [0.2, 0.25) is 0 Å². The number of hydrogen-bond acceptors (Lipinski definition) is 1. The second kappa shape index (κ2) is 5.63. The van der Waals surface area contributed by atoms with Gasteiger partial charge in [-0.05, 0) is 65.6 Å². The molecule has 1 aliphatic heterocycles. The molecule has 1 aliphatic carbocycles. The van der Waals surface area contributed by atoms with Crippen LogP contribution in [-0.4, -0.2) is 25.0 Å². The van der Waals surface area contributed by atoms with E-state index in [-0.39, 0.29) is 0 Å². The van der Waals surface area contributed by atoms with Gasteiger partial charge in [0.05, 0.1) is 0 Å². The van der Waals surface area contributed by atoms with Crippen LogP contribution >= 0.6 is 31.9 Å². The van der Waals surface area contributed by atoms with Crippen LogP contribution < -0.4 is 0 Å². The lowest BCUT2D eigenvalue weighted by atomic mass is 9.87. The van der Waals surface area contributed by atoms with Crippen molar-refractivity contribution in [3.05, 3.63) is 73.7 Å². The van der Waals surface area contributed by atoms with Crippen LogP contribution in [0.15, 0.2) is 57.0 Å². The summed E-state index contributed by atoms with van der Waals surface area (Å²) >= 11 is 7.20. The summed E-state index contributed by atoms with van der Waals surface area (Å²) in [5, 5.41) is 0. The molecule has 1 unspecified atom stereocenters. The average molecular weight is 419 g/mol. The zero-order valence-corrected chi connectivity index (χ0v) is 15.6. The fraction of sp³-hybridized carbons (Fsp3) is 0.263. The summed E-state index contributed by atoms with van der Waals surface area (Å²) in [6.45, 7) is 2.23. The Labute approximate surface area is 148 Å². The number of nitrogens with zero attached hydrogens (tertiary/aromatic N) is 1. The molecule has 2 aromatic rings. The zero-order chi connectivity index (χ0) is 15.3. The number of fused-ring (bicyclic) bond motifs is 2. The number of halogens is 2. The van der Waals surface area contributed by atoms with Gasteiger partial charge in [-0.25, -0.2) is 0 Å². The minimum Gasteiger partial charge on any atom is -0.302 e. The van der Waals surface area contributed by atoms with Crippen molar-refractivity contribution in [3.8, 4) is 0 Å². The molecular weight excluding hydrogens is 402 g/mol. The Balaban J connectivity index is 1.90. The summed E-state index contributed by atoms with van der Waals surface area (Å²) in [5.74, 6) is 0.401. The quantitative estimate of drug-likeness (QED) is 0.595. The van der Waals surface area contributed by atoms with Gasteiger partial charge in [0.15, 0.2) is 0 Å². The maximum Gasteiger partial charge on any atom is 0.0324 e. The Bertz CT molecular complexity index is 762. The van der Waals surface area contributed by atoms with Gasteiger partial charge in [-0.15, -0.1) is 0 Å². The Morgan fingerprint density at radius 1 is 1.00 bits per heavy atom. The average Bonchev–Trinajstić information content (AvgIpc) is 2.80. The lowest BCUT2D eigenvalue weighted by Gasteiger charge is -2.27. The topological polar surface area (TPSA) is 3.24 Å². The van der Waals surface area contributed by atoms with Crippen LogP contribution in [0.3, 0.4) is 0 Å². The Hall–Kier alpha value is -0.900. The highest BCUT2D eigenvalue weighted by molar-refractivity contribution is 9.10. The fourth-order valence-corrected chi connectivity index (χ4v) is 4.42. The van der Waals surface area contributed by atoms with Crippen molar-refractivity contribution >= 4 is 37.4 Å². The third-order valence-electron chi connectivity index (χ3n) is 4.77. The largest absolute Gasteiger partial charge is 0.302 e. The number of likely N-dealkylation sites (N-methyl/N-ethyl adjacent to an activating group) is 1. The highest BCUT2D eigenvalue weighted by atomic mass is 79.9. The molecule has 0 saturated heterocycles. The molecule has 2 aromatic carbocycles.